The number of unbranched alkanes of at least 4 members (excludes halogenated alkanes) is 11. The molecule has 0 spiro atoms. The molecule has 0 aliphatic rings. The molecule has 0 unspecified atom stereocenters. The largest absolute Gasteiger partial charge is 0.481 e. The minimum Gasteiger partial charge on any atom is -0.481 e. The number of nitro groups is 1. The van der Waals surface area contributed by atoms with Gasteiger partial charge in [0.25, 0.3) is 0 Å². The van der Waals surface area contributed by atoms with Gasteiger partial charge in [0, 0.05) is 17.8 Å². The second-order valence-electron chi connectivity index (χ2n) is 6.14. The predicted octanol–water partition coefficient (Wildman–Crippen LogP) is 5.37. The summed E-state index contributed by atoms with van der Waals surface area (Å²) in [6, 6.07) is 0. The normalized spacial score (nSPS) is 11.1. The lowest BCUT2D eigenvalue weighted by atomic mass is 10.1. The van der Waals surface area contributed by atoms with E-state index in [1.807, 2.05) is 0 Å². The number of aliphatic carboxylic acids is 1. The molecule has 0 aliphatic heterocycles. The van der Waals surface area contributed by atoms with E-state index in [-0.39, 0.29) is 11.5 Å². The Bertz CT molecular complexity index is 329. The van der Waals surface area contributed by atoms with Gasteiger partial charge in [0.2, 0.25) is 6.54 Å². The minimum atomic E-state index is -0.690. The van der Waals surface area contributed by atoms with Crippen molar-refractivity contribution in [3.63, 3.8) is 0 Å². The molecule has 5 heteroatoms. The molecule has 0 aliphatic carbocycles. The summed E-state index contributed by atoms with van der Waals surface area (Å²) in [5, 5.41) is 18.7. The zero-order valence-electron chi connectivity index (χ0n) is 14.4. The fourth-order valence-electron chi connectivity index (χ4n) is 2.51. The van der Waals surface area contributed by atoms with Gasteiger partial charge in [-0.15, -0.1) is 0 Å². The molecule has 0 heterocycles. The predicted molar refractivity (Wildman–Crippen MR) is 93.3 cm³/mol. The minimum absolute atomic E-state index is 0.113. The van der Waals surface area contributed by atoms with E-state index in [9.17, 15) is 14.9 Å². The molecule has 0 atom stereocenters. The van der Waals surface area contributed by atoms with Crippen LogP contribution in [0.3, 0.4) is 0 Å². The highest BCUT2D eigenvalue weighted by molar-refractivity contribution is 5.66. The van der Waals surface area contributed by atoms with Crippen LogP contribution < -0.4 is 0 Å². The number of carboxylic acid groups (broad SMARTS) is 1. The number of nitrogens with zero attached hydrogens (tertiary/aromatic N) is 1. The summed E-state index contributed by atoms with van der Waals surface area (Å²) in [6.07, 6.45) is 18.8. The van der Waals surface area contributed by atoms with Gasteiger partial charge in [-0.05, 0) is 38.5 Å². The highest BCUT2D eigenvalue weighted by Gasteiger charge is 1.97. The summed E-state index contributed by atoms with van der Waals surface area (Å²) >= 11 is 0. The number of rotatable bonds is 17. The fraction of sp³-hybridized carbons (Fsp3) is 0.833. The van der Waals surface area contributed by atoms with Gasteiger partial charge in [0.1, 0.15) is 0 Å². The molecule has 0 rings (SSSR count). The summed E-state index contributed by atoms with van der Waals surface area (Å²) in [7, 11) is 0. The second kappa shape index (κ2) is 17.0. The summed E-state index contributed by atoms with van der Waals surface area (Å²) in [6.45, 7) is 0.113. The zero-order valence-corrected chi connectivity index (χ0v) is 14.4. The first-order valence-electron chi connectivity index (χ1n) is 9.11. The monoisotopic (exact) mass is 327 g/mol. The van der Waals surface area contributed by atoms with E-state index in [0.717, 1.165) is 44.9 Å². The third-order valence-electron chi connectivity index (χ3n) is 3.89. The van der Waals surface area contributed by atoms with Crippen molar-refractivity contribution in [3.05, 3.63) is 22.3 Å². The topological polar surface area (TPSA) is 80.4 Å². The molecule has 1 N–H and O–H groups in total. The van der Waals surface area contributed by atoms with Crippen molar-refractivity contribution in [1.29, 1.82) is 0 Å². The highest BCUT2D eigenvalue weighted by atomic mass is 16.6. The Morgan fingerprint density at radius 3 is 1.70 bits per heavy atom. The molecular weight excluding hydrogens is 294 g/mol. The molecule has 0 aromatic rings. The number of hydrogen-bond acceptors (Lipinski definition) is 3. The van der Waals surface area contributed by atoms with Crippen molar-refractivity contribution in [2.45, 2.75) is 89.9 Å². The Labute approximate surface area is 140 Å². The van der Waals surface area contributed by atoms with Crippen LogP contribution in [-0.2, 0) is 4.79 Å². The van der Waals surface area contributed by atoms with Crippen LogP contribution in [0.25, 0.3) is 0 Å². The standard InChI is InChI=1S/C18H33NO4/c20-18(21)16-14-12-10-8-6-4-2-1-3-5-7-9-11-13-15-17-19(22)23/h1-2H,3-17H2,(H,20,21). The average molecular weight is 327 g/mol. The molecular formula is C18H33NO4. The Morgan fingerprint density at radius 1 is 0.783 bits per heavy atom. The molecule has 134 valence electrons. The summed E-state index contributed by atoms with van der Waals surface area (Å²) in [4.78, 5) is 20.3. The van der Waals surface area contributed by atoms with Crippen LogP contribution in [0.5, 0.6) is 0 Å². The maximum atomic E-state index is 10.3. The molecule has 0 bridgehead atoms. The Kier molecular flexibility index (Phi) is 15.9. The van der Waals surface area contributed by atoms with Crippen LogP contribution in [0, 0.1) is 10.1 Å². The van der Waals surface area contributed by atoms with E-state index in [0.29, 0.717) is 12.8 Å². The van der Waals surface area contributed by atoms with E-state index >= 15 is 0 Å². The van der Waals surface area contributed by atoms with Crippen LogP contribution in [0.15, 0.2) is 12.2 Å². The number of carboxylic acids is 1. The van der Waals surface area contributed by atoms with Crippen molar-refractivity contribution >= 4 is 5.97 Å². The summed E-state index contributed by atoms with van der Waals surface area (Å²) in [5.74, 6) is -0.690. The lowest BCUT2D eigenvalue weighted by molar-refractivity contribution is -0.480. The lowest BCUT2D eigenvalue weighted by Gasteiger charge is -1.99. The maximum absolute atomic E-state index is 10.3. The van der Waals surface area contributed by atoms with Gasteiger partial charge in [-0.25, -0.2) is 0 Å². The summed E-state index contributed by atoms with van der Waals surface area (Å²) in [5.41, 5.74) is 0. The third kappa shape index (κ3) is 20.6. The van der Waals surface area contributed by atoms with Gasteiger partial charge < -0.3 is 5.11 Å². The van der Waals surface area contributed by atoms with Gasteiger partial charge >= 0.3 is 5.97 Å². The quantitative estimate of drug-likeness (QED) is 0.169. The Balaban J connectivity index is 3.11. The molecule has 0 amide bonds. The first-order valence-corrected chi connectivity index (χ1v) is 9.11. The van der Waals surface area contributed by atoms with Crippen LogP contribution >= 0.6 is 0 Å². The van der Waals surface area contributed by atoms with E-state index in [4.69, 9.17) is 5.11 Å². The first kappa shape index (κ1) is 21.6. The molecule has 0 saturated heterocycles. The van der Waals surface area contributed by atoms with Crippen molar-refractivity contribution in [2.24, 2.45) is 0 Å². The first-order chi connectivity index (χ1) is 11.1. The number of hydrogen-bond donors (Lipinski definition) is 1. The van der Waals surface area contributed by atoms with Crippen LogP contribution in [0.4, 0.5) is 0 Å². The Hall–Kier alpha value is -1.39. The molecule has 0 saturated carbocycles. The third-order valence-corrected chi connectivity index (χ3v) is 3.89. The van der Waals surface area contributed by atoms with Gasteiger partial charge in [0.15, 0.2) is 0 Å². The van der Waals surface area contributed by atoms with E-state index in [2.05, 4.69) is 12.2 Å². The van der Waals surface area contributed by atoms with E-state index < -0.39 is 5.97 Å². The highest BCUT2D eigenvalue weighted by Crippen LogP contribution is 2.10. The smallest absolute Gasteiger partial charge is 0.303 e. The maximum Gasteiger partial charge on any atom is 0.303 e. The molecule has 5 nitrogen and oxygen atoms in total. The lowest BCUT2D eigenvalue weighted by Crippen LogP contribution is -1.99. The molecule has 0 radical (unpaired) electrons. The van der Waals surface area contributed by atoms with Crippen LogP contribution in [0.1, 0.15) is 89.9 Å². The molecule has 23 heavy (non-hydrogen) atoms. The second-order valence-corrected chi connectivity index (χ2v) is 6.14. The molecule has 0 aromatic carbocycles. The van der Waals surface area contributed by atoms with Crippen molar-refractivity contribution < 1.29 is 14.8 Å². The van der Waals surface area contributed by atoms with E-state index in [1.165, 1.54) is 32.1 Å². The SMILES string of the molecule is O=C(O)CCCCCCCC=CCCCCCCCC[N+](=O)[O-]. The van der Waals surface area contributed by atoms with Crippen LogP contribution in [-0.4, -0.2) is 22.5 Å². The summed E-state index contributed by atoms with van der Waals surface area (Å²) < 4.78 is 0. The van der Waals surface area contributed by atoms with E-state index in [1.54, 1.807) is 0 Å². The number of carbonyl (C=O) groups is 1. The molecule has 0 aromatic heterocycles. The van der Waals surface area contributed by atoms with Crippen LogP contribution in [0.2, 0.25) is 0 Å². The van der Waals surface area contributed by atoms with Crippen molar-refractivity contribution in [3.8, 4) is 0 Å². The molecule has 0 fully saturated rings. The van der Waals surface area contributed by atoms with Gasteiger partial charge in [-0.3, -0.25) is 14.9 Å². The zero-order chi connectivity index (χ0) is 17.2. The van der Waals surface area contributed by atoms with Crippen molar-refractivity contribution in [2.75, 3.05) is 6.54 Å². The average Bonchev–Trinajstić information content (AvgIpc) is 2.49. The number of allylic oxidation sites excluding steroid dienone is 2. The van der Waals surface area contributed by atoms with Gasteiger partial charge in [0.05, 0.1) is 0 Å². The fourth-order valence-corrected chi connectivity index (χ4v) is 2.51. The van der Waals surface area contributed by atoms with Gasteiger partial charge in [-0.2, -0.15) is 0 Å². The van der Waals surface area contributed by atoms with Gasteiger partial charge in [-0.1, -0.05) is 50.7 Å². The van der Waals surface area contributed by atoms with Crippen molar-refractivity contribution in [1.82, 2.24) is 0 Å². The Morgan fingerprint density at radius 2 is 1.22 bits per heavy atom.